The second-order valence-electron chi connectivity index (χ2n) is 9.45. The molecule has 0 radical (unpaired) electrons. The summed E-state index contributed by atoms with van der Waals surface area (Å²) in [5.41, 5.74) is 1.03. The second kappa shape index (κ2) is 11.5. The number of carbonyl (C=O) groups is 2. The van der Waals surface area contributed by atoms with E-state index in [1.807, 2.05) is 11.8 Å². The Morgan fingerprint density at radius 3 is 2.56 bits per heavy atom. The summed E-state index contributed by atoms with van der Waals surface area (Å²) in [4.78, 5) is 28.4. The number of aliphatic carboxylic acids is 1. The molecule has 2 heterocycles. The molecule has 8 nitrogen and oxygen atoms in total. The standard InChI is InChI=1S/C26H31ClFN3O5/c1-16-13-31(17(2)12-30(16)14-18-3-6-20(28)7-4-18)25(32)15-35-23-8-5-19(27)9-24(23)36-21-10-22(26(33)34)29-11-21/h3-9,16-17,21-22,29H,10-15H2,1-2H3,(H,33,34)/t16-,17+,21-,22?/m0/s1. The Bertz CT molecular complexity index is 1090. The molecule has 2 N–H and O–H groups in total. The van der Waals surface area contributed by atoms with Crippen molar-refractivity contribution in [3.05, 3.63) is 58.9 Å². The van der Waals surface area contributed by atoms with Crippen LogP contribution in [0.5, 0.6) is 11.5 Å². The quantitative estimate of drug-likeness (QED) is 0.553. The molecule has 2 aliphatic heterocycles. The largest absolute Gasteiger partial charge is 0.485 e. The predicted molar refractivity (Wildman–Crippen MR) is 133 cm³/mol. The third-order valence-electron chi connectivity index (χ3n) is 6.67. The molecule has 1 amide bonds. The number of carboxylic acid groups (broad SMARTS) is 1. The summed E-state index contributed by atoms with van der Waals surface area (Å²) >= 11 is 6.14. The molecular formula is C26H31ClFN3O5. The average Bonchev–Trinajstić information content (AvgIpc) is 3.31. The Labute approximate surface area is 214 Å². The highest BCUT2D eigenvalue weighted by Gasteiger charge is 2.33. The van der Waals surface area contributed by atoms with Crippen molar-refractivity contribution in [1.82, 2.24) is 15.1 Å². The first-order chi connectivity index (χ1) is 17.2. The van der Waals surface area contributed by atoms with Gasteiger partial charge in [-0.05, 0) is 43.7 Å². The third-order valence-corrected chi connectivity index (χ3v) is 6.91. The van der Waals surface area contributed by atoms with Crippen LogP contribution < -0.4 is 14.8 Å². The maximum absolute atomic E-state index is 13.2. The number of nitrogens with zero attached hydrogens (tertiary/aromatic N) is 2. The van der Waals surface area contributed by atoms with E-state index in [1.165, 1.54) is 12.1 Å². The highest BCUT2D eigenvalue weighted by Crippen LogP contribution is 2.32. The van der Waals surface area contributed by atoms with Gasteiger partial charge in [0.15, 0.2) is 18.1 Å². The molecule has 10 heteroatoms. The number of rotatable bonds is 8. The van der Waals surface area contributed by atoms with Gasteiger partial charge >= 0.3 is 5.97 Å². The topological polar surface area (TPSA) is 91.3 Å². The summed E-state index contributed by atoms with van der Waals surface area (Å²) in [5, 5.41) is 12.5. The number of hydrogen-bond donors (Lipinski definition) is 2. The molecule has 4 atom stereocenters. The summed E-state index contributed by atoms with van der Waals surface area (Å²) in [5.74, 6) is -0.560. The van der Waals surface area contributed by atoms with E-state index >= 15 is 0 Å². The number of benzene rings is 2. The number of carboxylic acids is 1. The van der Waals surface area contributed by atoms with Gasteiger partial charge in [0.25, 0.3) is 5.91 Å². The van der Waals surface area contributed by atoms with E-state index in [-0.39, 0.29) is 36.5 Å². The van der Waals surface area contributed by atoms with E-state index in [1.54, 1.807) is 30.3 Å². The minimum atomic E-state index is -0.921. The number of ether oxygens (including phenoxy) is 2. The number of piperazine rings is 1. The monoisotopic (exact) mass is 519 g/mol. The van der Waals surface area contributed by atoms with Crippen molar-refractivity contribution in [1.29, 1.82) is 0 Å². The lowest BCUT2D eigenvalue weighted by Crippen LogP contribution is -2.58. The van der Waals surface area contributed by atoms with Crippen molar-refractivity contribution in [3.8, 4) is 11.5 Å². The molecule has 0 bridgehead atoms. The molecule has 2 aromatic rings. The zero-order chi connectivity index (χ0) is 25.8. The van der Waals surface area contributed by atoms with Crippen LogP contribution in [0.3, 0.4) is 0 Å². The first kappa shape index (κ1) is 26.2. The van der Waals surface area contributed by atoms with Crippen LogP contribution in [0.1, 0.15) is 25.8 Å². The predicted octanol–water partition coefficient (Wildman–Crippen LogP) is 3.17. The van der Waals surface area contributed by atoms with Gasteiger partial charge in [-0.1, -0.05) is 23.7 Å². The van der Waals surface area contributed by atoms with E-state index in [9.17, 15) is 19.1 Å². The van der Waals surface area contributed by atoms with Crippen LogP contribution in [0.15, 0.2) is 42.5 Å². The van der Waals surface area contributed by atoms with Gasteiger partial charge in [0.2, 0.25) is 0 Å². The molecule has 0 saturated carbocycles. The summed E-state index contributed by atoms with van der Waals surface area (Å²) in [7, 11) is 0. The summed E-state index contributed by atoms with van der Waals surface area (Å²) in [6, 6.07) is 10.8. The number of nitrogens with one attached hydrogen (secondary N) is 1. The Morgan fingerprint density at radius 2 is 1.86 bits per heavy atom. The van der Waals surface area contributed by atoms with Crippen LogP contribution >= 0.6 is 11.6 Å². The summed E-state index contributed by atoms with van der Waals surface area (Å²) in [6.07, 6.45) is -0.0321. The van der Waals surface area contributed by atoms with E-state index in [2.05, 4.69) is 17.1 Å². The van der Waals surface area contributed by atoms with Crippen LogP contribution in [-0.4, -0.2) is 77.3 Å². The zero-order valence-electron chi connectivity index (χ0n) is 20.3. The third kappa shape index (κ3) is 6.46. The number of carbonyl (C=O) groups excluding carboxylic acids is 1. The molecule has 0 aromatic heterocycles. The van der Waals surface area contributed by atoms with Crippen molar-refractivity contribution >= 4 is 23.5 Å². The minimum Gasteiger partial charge on any atom is -0.485 e. The van der Waals surface area contributed by atoms with Gasteiger partial charge in [0, 0.05) is 55.8 Å². The van der Waals surface area contributed by atoms with Crippen molar-refractivity contribution < 1.29 is 28.6 Å². The van der Waals surface area contributed by atoms with Crippen LogP contribution in [0, 0.1) is 5.82 Å². The number of hydrogen-bond acceptors (Lipinski definition) is 6. The first-order valence-corrected chi connectivity index (χ1v) is 12.4. The maximum atomic E-state index is 13.2. The van der Waals surface area contributed by atoms with Crippen molar-refractivity contribution in [3.63, 3.8) is 0 Å². The summed E-state index contributed by atoms with van der Waals surface area (Å²) < 4.78 is 25.0. The maximum Gasteiger partial charge on any atom is 0.320 e. The summed E-state index contributed by atoms with van der Waals surface area (Å²) in [6.45, 7) is 6.24. The Balaban J connectivity index is 1.34. The van der Waals surface area contributed by atoms with Crippen LogP contribution in [0.2, 0.25) is 5.02 Å². The lowest BCUT2D eigenvalue weighted by Gasteiger charge is -2.44. The first-order valence-electron chi connectivity index (χ1n) is 12.0. The Hall–Kier alpha value is -2.88. The molecule has 2 saturated heterocycles. The Morgan fingerprint density at radius 1 is 1.11 bits per heavy atom. The van der Waals surface area contributed by atoms with E-state index in [0.717, 1.165) is 5.56 Å². The fourth-order valence-corrected chi connectivity index (χ4v) is 4.83. The van der Waals surface area contributed by atoms with Crippen LogP contribution in [0.4, 0.5) is 4.39 Å². The lowest BCUT2D eigenvalue weighted by molar-refractivity contribution is -0.140. The van der Waals surface area contributed by atoms with Crippen molar-refractivity contribution in [2.24, 2.45) is 0 Å². The van der Waals surface area contributed by atoms with Gasteiger partial charge in [-0.15, -0.1) is 0 Å². The molecule has 4 rings (SSSR count). The van der Waals surface area contributed by atoms with Gasteiger partial charge in [-0.3, -0.25) is 14.5 Å². The smallest absolute Gasteiger partial charge is 0.320 e. The van der Waals surface area contributed by atoms with Gasteiger partial charge in [0.1, 0.15) is 18.0 Å². The zero-order valence-corrected chi connectivity index (χ0v) is 21.1. The number of halogens is 2. The van der Waals surface area contributed by atoms with E-state index in [4.69, 9.17) is 21.1 Å². The normalized spacial score (nSPS) is 24.5. The van der Waals surface area contributed by atoms with Crippen LogP contribution in [0.25, 0.3) is 0 Å². The fraction of sp³-hybridized carbons (Fsp3) is 0.462. The molecular weight excluding hydrogens is 489 g/mol. The average molecular weight is 520 g/mol. The minimum absolute atomic E-state index is 0.0174. The molecule has 194 valence electrons. The fourth-order valence-electron chi connectivity index (χ4n) is 4.67. The van der Waals surface area contributed by atoms with Gasteiger partial charge in [0.05, 0.1) is 0 Å². The molecule has 0 spiro atoms. The molecule has 1 unspecified atom stereocenters. The molecule has 2 fully saturated rings. The SMILES string of the molecule is C[C@@H]1CN(Cc2ccc(F)cc2)[C@@H](C)CN1C(=O)COc1ccc(Cl)cc1O[C@@H]1CNC(C(=O)O)C1. The van der Waals surface area contributed by atoms with E-state index in [0.29, 0.717) is 49.1 Å². The van der Waals surface area contributed by atoms with E-state index < -0.39 is 12.0 Å². The molecule has 2 aliphatic rings. The van der Waals surface area contributed by atoms with Crippen molar-refractivity contribution in [2.75, 3.05) is 26.2 Å². The van der Waals surface area contributed by atoms with Gasteiger partial charge < -0.3 is 24.8 Å². The van der Waals surface area contributed by atoms with Crippen LogP contribution in [-0.2, 0) is 16.1 Å². The molecule has 2 aromatic carbocycles. The highest BCUT2D eigenvalue weighted by molar-refractivity contribution is 6.30. The highest BCUT2D eigenvalue weighted by atomic mass is 35.5. The van der Waals surface area contributed by atoms with Crippen molar-refractivity contribution in [2.45, 2.75) is 51.0 Å². The molecule has 36 heavy (non-hydrogen) atoms. The number of amides is 1. The lowest BCUT2D eigenvalue weighted by atomic mass is 10.1. The Kier molecular flexibility index (Phi) is 8.33. The second-order valence-corrected chi connectivity index (χ2v) is 9.89. The molecule has 0 aliphatic carbocycles. The van der Waals surface area contributed by atoms with Gasteiger partial charge in [-0.2, -0.15) is 0 Å². The van der Waals surface area contributed by atoms with Gasteiger partial charge in [-0.25, -0.2) is 4.39 Å².